The number of fused-ring (bicyclic) bond motifs is 3. The van der Waals surface area contributed by atoms with Gasteiger partial charge in [-0.15, -0.1) is 0 Å². The summed E-state index contributed by atoms with van der Waals surface area (Å²) in [6, 6.07) is 5.91. The number of carbonyl (C=O) groups excluding carboxylic acids is 1. The van der Waals surface area contributed by atoms with E-state index in [0.717, 1.165) is 24.4 Å². The zero-order chi connectivity index (χ0) is 23.9. The van der Waals surface area contributed by atoms with Crippen LogP contribution in [0, 0.1) is 11.7 Å². The van der Waals surface area contributed by atoms with Crippen LogP contribution in [0.25, 0.3) is 5.82 Å². The van der Waals surface area contributed by atoms with Crippen LogP contribution in [0.4, 0.5) is 29.2 Å². The summed E-state index contributed by atoms with van der Waals surface area (Å²) in [4.78, 5) is 21.4. The van der Waals surface area contributed by atoms with Crippen molar-refractivity contribution < 1.29 is 27.5 Å². The Morgan fingerprint density at radius 2 is 2.00 bits per heavy atom. The molecule has 4 rings (SSSR count). The van der Waals surface area contributed by atoms with E-state index in [1.807, 2.05) is 13.8 Å². The van der Waals surface area contributed by atoms with Gasteiger partial charge in [0.05, 0.1) is 11.9 Å². The molecule has 12 heteroatoms. The standard InChI is InChI=1S/C21H20F4N6O2/c1-11(2)7-13-8-18-30(10-17(32)28-16-6-3-12(22)9-26-16)20(33)14-4-5-15(21(23,24)25)27-19(14)31(18)29-13/h3-6,8-9,11,20,33H,7,10H2,1-2H3,(H,26,28,32). The average molecular weight is 464 g/mol. The number of alkyl halides is 3. The Labute approximate surface area is 185 Å². The summed E-state index contributed by atoms with van der Waals surface area (Å²) in [6.45, 7) is 3.55. The van der Waals surface area contributed by atoms with Gasteiger partial charge in [0.25, 0.3) is 0 Å². The first-order valence-corrected chi connectivity index (χ1v) is 10.1. The Kier molecular flexibility index (Phi) is 5.78. The van der Waals surface area contributed by atoms with Crippen LogP contribution in [0.2, 0.25) is 0 Å². The number of nitrogens with zero attached hydrogens (tertiary/aromatic N) is 5. The number of halogens is 4. The number of nitrogens with one attached hydrogen (secondary N) is 1. The minimum absolute atomic E-state index is 0.0717. The van der Waals surface area contributed by atoms with E-state index in [2.05, 4.69) is 20.4 Å². The first-order valence-electron chi connectivity index (χ1n) is 10.1. The molecule has 0 saturated carbocycles. The van der Waals surface area contributed by atoms with Gasteiger partial charge >= 0.3 is 6.18 Å². The smallest absolute Gasteiger partial charge is 0.369 e. The predicted octanol–water partition coefficient (Wildman–Crippen LogP) is 3.47. The summed E-state index contributed by atoms with van der Waals surface area (Å²) in [5, 5.41) is 17.8. The van der Waals surface area contributed by atoms with Crippen molar-refractivity contribution in [2.45, 2.75) is 32.7 Å². The highest BCUT2D eigenvalue weighted by atomic mass is 19.4. The maximum Gasteiger partial charge on any atom is 0.433 e. The van der Waals surface area contributed by atoms with Crippen LogP contribution < -0.4 is 10.2 Å². The maximum absolute atomic E-state index is 13.2. The molecule has 0 saturated heterocycles. The molecule has 4 heterocycles. The highest BCUT2D eigenvalue weighted by Gasteiger charge is 2.38. The molecule has 1 aliphatic rings. The molecular weight excluding hydrogens is 444 g/mol. The van der Waals surface area contributed by atoms with Gasteiger partial charge in [0.1, 0.15) is 29.7 Å². The number of rotatable bonds is 5. The number of aliphatic hydroxyl groups excluding tert-OH is 1. The van der Waals surface area contributed by atoms with Gasteiger partial charge in [-0.3, -0.25) is 4.79 Å². The fraction of sp³-hybridized carbons (Fsp3) is 0.333. The molecule has 0 spiro atoms. The third kappa shape index (κ3) is 4.65. The Bertz CT molecular complexity index is 1180. The SMILES string of the molecule is CC(C)Cc1cc2n(n1)-c1nc(C(F)(F)F)ccc1C(O)N2CC(=O)Nc1ccc(F)cn1. The number of aliphatic hydroxyl groups is 1. The first-order chi connectivity index (χ1) is 15.5. The number of hydrogen-bond donors (Lipinski definition) is 2. The van der Waals surface area contributed by atoms with E-state index in [9.17, 15) is 27.5 Å². The molecule has 8 nitrogen and oxygen atoms in total. The maximum atomic E-state index is 13.2. The van der Waals surface area contributed by atoms with Crippen LogP contribution in [0.5, 0.6) is 0 Å². The summed E-state index contributed by atoms with van der Waals surface area (Å²) in [5.41, 5.74) is -0.471. The molecule has 0 fully saturated rings. The molecule has 1 amide bonds. The normalized spacial score (nSPS) is 15.4. The zero-order valence-electron chi connectivity index (χ0n) is 17.6. The molecule has 1 aliphatic heterocycles. The molecule has 1 unspecified atom stereocenters. The fourth-order valence-electron chi connectivity index (χ4n) is 3.53. The second kappa shape index (κ2) is 8.43. The van der Waals surface area contributed by atoms with Gasteiger partial charge in [-0.1, -0.05) is 13.8 Å². The van der Waals surface area contributed by atoms with Gasteiger partial charge in [0, 0.05) is 11.6 Å². The molecule has 174 valence electrons. The molecule has 2 N–H and O–H groups in total. The topological polar surface area (TPSA) is 96.2 Å². The summed E-state index contributed by atoms with van der Waals surface area (Å²) in [6.07, 6.45) is -4.64. The second-order valence-electron chi connectivity index (χ2n) is 8.02. The van der Waals surface area contributed by atoms with Crippen molar-refractivity contribution in [3.63, 3.8) is 0 Å². The van der Waals surface area contributed by atoms with Crippen LogP contribution in [0.1, 0.15) is 37.0 Å². The van der Waals surface area contributed by atoms with E-state index in [0.29, 0.717) is 12.1 Å². The van der Waals surface area contributed by atoms with Crippen molar-refractivity contribution >= 4 is 17.5 Å². The van der Waals surface area contributed by atoms with Gasteiger partial charge in [0.15, 0.2) is 12.0 Å². The van der Waals surface area contributed by atoms with E-state index >= 15 is 0 Å². The number of aromatic nitrogens is 4. The van der Waals surface area contributed by atoms with E-state index in [1.165, 1.54) is 15.6 Å². The Balaban J connectivity index is 1.70. The largest absolute Gasteiger partial charge is 0.433 e. The molecule has 0 aromatic carbocycles. The van der Waals surface area contributed by atoms with Gasteiger partial charge in [-0.25, -0.2) is 14.4 Å². The van der Waals surface area contributed by atoms with Crippen molar-refractivity contribution in [3.8, 4) is 5.82 Å². The average Bonchev–Trinajstić information content (AvgIpc) is 3.14. The van der Waals surface area contributed by atoms with Crippen molar-refractivity contribution in [2.75, 3.05) is 16.8 Å². The summed E-state index contributed by atoms with van der Waals surface area (Å²) < 4.78 is 54.0. The minimum atomic E-state index is -4.67. The Morgan fingerprint density at radius 3 is 2.64 bits per heavy atom. The lowest BCUT2D eigenvalue weighted by Gasteiger charge is -2.34. The van der Waals surface area contributed by atoms with E-state index < -0.39 is 29.8 Å². The monoisotopic (exact) mass is 464 g/mol. The van der Waals surface area contributed by atoms with Gasteiger partial charge in [0.2, 0.25) is 5.91 Å². The number of pyridine rings is 2. The summed E-state index contributed by atoms with van der Waals surface area (Å²) in [5.74, 6) is -0.752. The molecule has 0 radical (unpaired) electrons. The van der Waals surface area contributed by atoms with Crippen molar-refractivity contribution in [1.82, 2.24) is 19.7 Å². The predicted molar refractivity (Wildman–Crippen MR) is 110 cm³/mol. The van der Waals surface area contributed by atoms with Crippen LogP contribution in [-0.2, 0) is 17.4 Å². The molecular formula is C21H20F4N6O2. The minimum Gasteiger partial charge on any atom is -0.369 e. The highest BCUT2D eigenvalue weighted by molar-refractivity contribution is 5.93. The summed E-state index contributed by atoms with van der Waals surface area (Å²) >= 11 is 0. The third-order valence-corrected chi connectivity index (χ3v) is 4.93. The van der Waals surface area contributed by atoms with Crippen LogP contribution in [0.15, 0.2) is 36.5 Å². The molecule has 3 aromatic heterocycles. The number of carbonyl (C=O) groups is 1. The van der Waals surface area contributed by atoms with Gasteiger partial charge < -0.3 is 15.3 Å². The quantitative estimate of drug-likeness (QED) is 0.562. The van der Waals surface area contributed by atoms with Gasteiger partial charge in [-0.2, -0.15) is 23.0 Å². The second-order valence-corrected chi connectivity index (χ2v) is 8.02. The Morgan fingerprint density at radius 1 is 1.24 bits per heavy atom. The molecule has 0 aliphatic carbocycles. The molecule has 33 heavy (non-hydrogen) atoms. The van der Waals surface area contributed by atoms with Gasteiger partial charge in [-0.05, 0) is 36.6 Å². The van der Waals surface area contributed by atoms with E-state index in [4.69, 9.17) is 0 Å². The van der Waals surface area contributed by atoms with Crippen molar-refractivity contribution in [3.05, 3.63) is 59.3 Å². The zero-order valence-corrected chi connectivity index (χ0v) is 17.6. The highest BCUT2D eigenvalue weighted by Crippen LogP contribution is 2.38. The van der Waals surface area contributed by atoms with E-state index in [1.54, 1.807) is 6.07 Å². The molecule has 3 aromatic rings. The fourth-order valence-corrected chi connectivity index (χ4v) is 3.53. The van der Waals surface area contributed by atoms with Crippen LogP contribution in [-0.4, -0.2) is 37.3 Å². The van der Waals surface area contributed by atoms with Crippen molar-refractivity contribution in [1.29, 1.82) is 0 Å². The van der Waals surface area contributed by atoms with E-state index in [-0.39, 0.29) is 35.5 Å². The number of amides is 1. The lowest BCUT2D eigenvalue weighted by molar-refractivity contribution is -0.141. The Hall–Kier alpha value is -3.54. The van der Waals surface area contributed by atoms with Crippen LogP contribution >= 0.6 is 0 Å². The lowest BCUT2D eigenvalue weighted by Crippen LogP contribution is -2.40. The molecule has 0 bridgehead atoms. The number of anilines is 2. The van der Waals surface area contributed by atoms with Crippen LogP contribution in [0.3, 0.4) is 0 Å². The van der Waals surface area contributed by atoms with Crippen molar-refractivity contribution in [2.24, 2.45) is 5.92 Å². The molecule has 1 atom stereocenters. The first kappa shape index (κ1) is 22.6. The third-order valence-electron chi connectivity index (χ3n) is 4.93. The summed E-state index contributed by atoms with van der Waals surface area (Å²) in [7, 11) is 0. The number of hydrogen-bond acceptors (Lipinski definition) is 6. The lowest BCUT2D eigenvalue weighted by atomic mass is 10.1.